The molecule has 3 aromatic rings. The first kappa shape index (κ1) is 18.0. The standard InChI is InChI=1S/C21H20N2O2S/c1-14-8-10-17(11-9-14)20-15(2)26-21(23-20)22-19(25)13-12-18(24)16-6-4-3-5-7-16/h3-11H,12-13H2,1-2H3,(H,22,23,25). The summed E-state index contributed by atoms with van der Waals surface area (Å²) in [6.45, 7) is 4.03. The normalized spacial score (nSPS) is 10.5. The van der Waals surface area contributed by atoms with E-state index in [0.29, 0.717) is 10.7 Å². The van der Waals surface area contributed by atoms with Crippen LogP contribution >= 0.6 is 11.3 Å². The third kappa shape index (κ3) is 4.43. The number of Topliss-reactive ketones (excluding diaryl/α,β-unsaturated/α-hetero) is 1. The van der Waals surface area contributed by atoms with Gasteiger partial charge in [-0.05, 0) is 13.8 Å². The van der Waals surface area contributed by atoms with Gasteiger partial charge >= 0.3 is 0 Å². The summed E-state index contributed by atoms with van der Waals surface area (Å²) >= 11 is 1.44. The van der Waals surface area contributed by atoms with Crippen LogP contribution < -0.4 is 5.32 Å². The number of carbonyl (C=O) groups is 2. The van der Waals surface area contributed by atoms with E-state index in [0.717, 1.165) is 16.1 Å². The predicted molar refractivity (Wildman–Crippen MR) is 106 cm³/mol. The Morgan fingerprint density at radius 1 is 0.962 bits per heavy atom. The predicted octanol–water partition coefficient (Wildman–Crippen LogP) is 5.03. The second kappa shape index (κ2) is 8.06. The summed E-state index contributed by atoms with van der Waals surface area (Å²) in [5.41, 5.74) is 3.74. The van der Waals surface area contributed by atoms with Crippen LogP contribution in [0.4, 0.5) is 5.13 Å². The Labute approximate surface area is 156 Å². The monoisotopic (exact) mass is 364 g/mol. The number of thiazole rings is 1. The first-order chi connectivity index (χ1) is 12.5. The molecule has 1 amide bonds. The lowest BCUT2D eigenvalue weighted by atomic mass is 10.1. The molecule has 0 bridgehead atoms. The molecule has 1 heterocycles. The SMILES string of the molecule is Cc1ccc(-c2nc(NC(=O)CCC(=O)c3ccccc3)sc2C)cc1. The highest BCUT2D eigenvalue weighted by Gasteiger charge is 2.13. The molecule has 0 atom stereocenters. The number of carbonyl (C=O) groups excluding carboxylic acids is 2. The van der Waals surface area contributed by atoms with Crippen molar-refractivity contribution in [3.8, 4) is 11.3 Å². The van der Waals surface area contributed by atoms with E-state index >= 15 is 0 Å². The highest BCUT2D eigenvalue weighted by molar-refractivity contribution is 7.16. The molecule has 3 rings (SSSR count). The molecule has 4 nitrogen and oxygen atoms in total. The van der Waals surface area contributed by atoms with Gasteiger partial charge in [-0.1, -0.05) is 60.2 Å². The van der Waals surface area contributed by atoms with Crippen molar-refractivity contribution in [1.82, 2.24) is 4.98 Å². The van der Waals surface area contributed by atoms with Gasteiger partial charge in [-0.15, -0.1) is 11.3 Å². The van der Waals surface area contributed by atoms with E-state index in [-0.39, 0.29) is 24.5 Å². The van der Waals surface area contributed by atoms with Crippen LogP contribution in [-0.4, -0.2) is 16.7 Å². The van der Waals surface area contributed by atoms with Crippen LogP contribution in [0.3, 0.4) is 0 Å². The van der Waals surface area contributed by atoms with Gasteiger partial charge in [-0.3, -0.25) is 9.59 Å². The average molecular weight is 364 g/mol. The molecule has 5 heteroatoms. The molecular weight excluding hydrogens is 344 g/mol. The number of amides is 1. The number of benzene rings is 2. The van der Waals surface area contributed by atoms with Crippen molar-refractivity contribution in [2.75, 3.05) is 5.32 Å². The Morgan fingerprint density at radius 3 is 2.35 bits per heavy atom. The molecule has 0 radical (unpaired) electrons. The zero-order valence-electron chi connectivity index (χ0n) is 14.8. The van der Waals surface area contributed by atoms with Crippen molar-refractivity contribution in [2.45, 2.75) is 26.7 Å². The molecule has 1 N–H and O–H groups in total. The first-order valence-electron chi connectivity index (χ1n) is 8.45. The summed E-state index contributed by atoms with van der Waals surface area (Å²) in [5, 5.41) is 3.37. The number of aromatic nitrogens is 1. The van der Waals surface area contributed by atoms with Crippen molar-refractivity contribution in [1.29, 1.82) is 0 Å². The summed E-state index contributed by atoms with van der Waals surface area (Å²) in [6.07, 6.45) is 0.331. The van der Waals surface area contributed by atoms with Gasteiger partial charge in [0.25, 0.3) is 0 Å². The van der Waals surface area contributed by atoms with E-state index in [1.165, 1.54) is 16.9 Å². The van der Waals surface area contributed by atoms with Gasteiger partial charge in [0, 0.05) is 28.8 Å². The molecule has 0 aliphatic heterocycles. The fourth-order valence-corrected chi connectivity index (χ4v) is 3.46. The van der Waals surface area contributed by atoms with Gasteiger partial charge in [-0.2, -0.15) is 0 Å². The fourth-order valence-electron chi connectivity index (χ4n) is 2.61. The van der Waals surface area contributed by atoms with Gasteiger partial charge < -0.3 is 5.32 Å². The number of anilines is 1. The lowest BCUT2D eigenvalue weighted by Gasteiger charge is -2.02. The molecule has 2 aromatic carbocycles. The minimum Gasteiger partial charge on any atom is -0.302 e. The van der Waals surface area contributed by atoms with E-state index in [2.05, 4.69) is 10.3 Å². The van der Waals surface area contributed by atoms with Gasteiger partial charge in [0.1, 0.15) is 0 Å². The fraction of sp³-hybridized carbons (Fsp3) is 0.190. The van der Waals surface area contributed by atoms with Gasteiger partial charge in [-0.25, -0.2) is 4.98 Å². The van der Waals surface area contributed by atoms with Crippen LogP contribution in [0.1, 0.15) is 33.6 Å². The van der Waals surface area contributed by atoms with Gasteiger partial charge in [0.15, 0.2) is 10.9 Å². The summed E-state index contributed by atoms with van der Waals surface area (Å²) in [4.78, 5) is 29.8. The minimum atomic E-state index is -0.196. The van der Waals surface area contributed by atoms with E-state index in [1.54, 1.807) is 12.1 Å². The third-order valence-electron chi connectivity index (χ3n) is 4.04. The topological polar surface area (TPSA) is 59.1 Å². The number of rotatable bonds is 6. The van der Waals surface area contributed by atoms with Crippen LogP contribution in [0.15, 0.2) is 54.6 Å². The average Bonchev–Trinajstić information content (AvgIpc) is 3.01. The maximum absolute atomic E-state index is 12.2. The molecule has 0 aliphatic carbocycles. The molecule has 1 aromatic heterocycles. The Morgan fingerprint density at radius 2 is 1.65 bits per heavy atom. The minimum absolute atomic E-state index is 0.0311. The molecule has 132 valence electrons. The van der Waals surface area contributed by atoms with E-state index in [9.17, 15) is 9.59 Å². The number of aryl methyl sites for hydroxylation is 2. The Kier molecular flexibility index (Phi) is 5.58. The van der Waals surface area contributed by atoms with Crippen molar-refractivity contribution in [3.05, 3.63) is 70.6 Å². The molecule has 0 aliphatic rings. The summed E-state index contributed by atoms with van der Waals surface area (Å²) in [6, 6.07) is 17.2. The van der Waals surface area contributed by atoms with Crippen LogP contribution in [-0.2, 0) is 4.79 Å². The third-order valence-corrected chi connectivity index (χ3v) is 4.93. The number of ketones is 1. The van der Waals surface area contributed by atoms with Gasteiger partial charge in [0.05, 0.1) is 5.69 Å². The van der Waals surface area contributed by atoms with Crippen LogP contribution in [0.25, 0.3) is 11.3 Å². The summed E-state index contributed by atoms with van der Waals surface area (Å²) in [5.74, 6) is -0.227. The Bertz CT molecular complexity index is 915. The first-order valence-corrected chi connectivity index (χ1v) is 9.27. The summed E-state index contributed by atoms with van der Waals surface area (Å²) < 4.78 is 0. The molecule has 0 saturated heterocycles. The van der Waals surface area contributed by atoms with E-state index in [1.807, 2.05) is 56.3 Å². The quantitative estimate of drug-likeness (QED) is 0.624. The smallest absolute Gasteiger partial charge is 0.226 e. The van der Waals surface area contributed by atoms with Crippen LogP contribution in [0, 0.1) is 13.8 Å². The summed E-state index contributed by atoms with van der Waals surface area (Å²) in [7, 11) is 0. The highest BCUT2D eigenvalue weighted by Crippen LogP contribution is 2.30. The van der Waals surface area contributed by atoms with Gasteiger partial charge in [0.2, 0.25) is 5.91 Å². The highest BCUT2D eigenvalue weighted by atomic mass is 32.1. The lowest BCUT2D eigenvalue weighted by molar-refractivity contribution is -0.116. The number of hydrogen-bond donors (Lipinski definition) is 1. The number of nitrogens with zero attached hydrogens (tertiary/aromatic N) is 1. The maximum atomic E-state index is 12.2. The van der Waals surface area contributed by atoms with Crippen molar-refractivity contribution < 1.29 is 9.59 Å². The molecule has 26 heavy (non-hydrogen) atoms. The second-order valence-corrected chi connectivity index (χ2v) is 7.33. The molecule has 0 unspecified atom stereocenters. The van der Waals surface area contributed by atoms with Crippen LogP contribution in [0.5, 0.6) is 0 Å². The number of nitrogens with one attached hydrogen (secondary N) is 1. The Balaban J connectivity index is 1.60. The largest absolute Gasteiger partial charge is 0.302 e. The van der Waals surface area contributed by atoms with Crippen LogP contribution in [0.2, 0.25) is 0 Å². The Hall–Kier alpha value is -2.79. The zero-order chi connectivity index (χ0) is 18.5. The van der Waals surface area contributed by atoms with E-state index in [4.69, 9.17) is 0 Å². The van der Waals surface area contributed by atoms with E-state index < -0.39 is 0 Å². The molecular formula is C21H20N2O2S. The maximum Gasteiger partial charge on any atom is 0.226 e. The van der Waals surface area contributed by atoms with Crippen molar-refractivity contribution in [2.24, 2.45) is 0 Å². The second-order valence-electron chi connectivity index (χ2n) is 6.13. The van der Waals surface area contributed by atoms with Crippen molar-refractivity contribution in [3.63, 3.8) is 0 Å². The lowest BCUT2D eigenvalue weighted by Crippen LogP contribution is -2.13. The zero-order valence-corrected chi connectivity index (χ0v) is 15.6. The molecule has 0 fully saturated rings. The van der Waals surface area contributed by atoms with Crippen molar-refractivity contribution >= 4 is 28.2 Å². The number of hydrogen-bond acceptors (Lipinski definition) is 4. The molecule has 0 spiro atoms. The molecule has 0 saturated carbocycles.